The first-order valence-corrected chi connectivity index (χ1v) is 9.56. The van der Waals surface area contributed by atoms with Gasteiger partial charge < -0.3 is 4.90 Å². The molecule has 0 amide bonds. The van der Waals surface area contributed by atoms with Gasteiger partial charge in [0.1, 0.15) is 0 Å². The summed E-state index contributed by atoms with van der Waals surface area (Å²) in [6.45, 7) is 4.92. The number of rotatable bonds is 6. The lowest BCUT2D eigenvalue weighted by atomic mass is 9.86. The Kier molecular flexibility index (Phi) is 6.38. The summed E-state index contributed by atoms with van der Waals surface area (Å²) in [6, 6.07) is 0.352. The number of hydrogen-bond donors (Lipinski definition) is 0. The van der Waals surface area contributed by atoms with Gasteiger partial charge in [-0.3, -0.25) is 0 Å². The molecule has 0 aromatic rings. The van der Waals surface area contributed by atoms with E-state index in [1.54, 1.807) is 0 Å². The highest BCUT2D eigenvalue weighted by molar-refractivity contribution is 7.89. The molecule has 1 heterocycles. The molecule has 0 aliphatic carbocycles. The average Bonchev–Trinajstić information content (AvgIpc) is 2.63. The minimum Gasteiger partial charge on any atom is -0.306 e. The van der Waals surface area contributed by atoms with Gasteiger partial charge >= 0.3 is 0 Å². The van der Waals surface area contributed by atoms with Crippen molar-refractivity contribution in [3.05, 3.63) is 0 Å². The maximum Gasteiger partial charge on any atom is 0.253 e. The number of halogens is 2. The van der Waals surface area contributed by atoms with E-state index in [0.717, 1.165) is 19.3 Å². The van der Waals surface area contributed by atoms with Gasteiger partial charge in [-0.2, -0.15) is 0 Å². The lowest BCUT2D eigenvalue weighted by molar-refractivity contribution is -0.0972. The molecule has 0 N–H and O–H groups in total. The Bertz CT molecular complexity index is 464. The Labute approximate surface area is 133 Å². The molecular formula is C15H30F2N2O2S. The quantitative estimate of drug-likeness (QED) is 0.746. The van der Waals surface area contributed by atoms with Gasteiger partial charge in [0.05, 0.1) is 5.75 Å². The summed E-state index contributed by atoms with van der Waals surface area (Å²) in [7, 11) is 0.300. The third-order valence-corrected chi connectivity index (χ3v) is 7.00. The number of sulfonamides is 1. The van der Waals surface area contributed by atoms with Crippen LogP contribution in [0.4, 0.5) is 8.78 Å². The lowest BCUT2D eigenvalue weighted by Crippen LogP contribution is -2.46. The molecule has 132 valence electrons. The number of alkyl halides is 2. The summed E-state index contributed by atoms with van der Waals surface area (Å²) in [4.78, 5) is 2.10. The van der Waals surface area contributed by atoms with Crippen LogP contribution in [-0.4, -0.2) is 62.5 Å². The van der Waals surface area contributed by atoms with Crippen LogP contribution in [0.5, 0.6) is 0 Å². The SMILES string of the molecule is CCC(F)(F)C(C)(C)CS(=O)(=O)N1CCCC(N(C)C)CC1. The van der Waals surface area contributed by atoms with Crippen LogP contribution in [0.25, 0.3) is 0 Å². The highest BCUT2D eigenvalue weighted by Crippen LogP contribution is 2.40. The molecule has 7 heteroatoms. The number of hydrogen-bond acceptors (Lipinski definition) is 3. The molecule has 1 saturated heterocycles. The van der Waals surface area contributed by atoms with E-state index < -0.39 is 27.1 Å². The predicted molar refractivity (Wildman–Crippen MR) is 85.7 cm³/mol. The second-order valence-corrected chi connectivity index (χ2v) is 9.11. The van der Waals surface area contributed by atoms with E-state index in [0.29, 0.717) is 19.1 Å². The van der Waals surface area contributed by atoms with Crippen LogP contribution in [0.1, 0.15) is 46.5 Å². The lowest BCUT2D eigenvalue weighted by Gasteiger charge is -2.35. The van der Waals surface area contributed by atoms with Crippen LogP contribution in [0.15, 0.2) is 0 Å². The maximum atomic E-state index is 14.0. The van der Waals surface area contributed by atoms with Gasteiger partial charge in [0.15, 0.2) is 0 Å². The van der Waals surface area contributed by atoms with E-state index in [1.165, 1.54) is 25.1 Å². The van der Waals surface area contributed by atoms with Crippen molar-refractivity contribution in [1.82, 2.24) is 9.21 Å². The zero-order valence-electron chi connectivity index (χ0n) is 14.4. The van der Waals surface area contributed by atoms with Crippen LogP contribution < -0.4 is 0 Å². The van der Waals surface area contributed by atoms with Crippen LogP contribution >= 0.6 is 0 Å². The van der Waals surface area contributed by atoms with Crippen molar-refractivity contribution >= 4 is 10.0 Å². The Balaban J connectivity index is 2.82. The molecule has 0 aromatic carbocycles. The monoisotopic (exact) mass is 340 g/mol. The van der Waals surface area contributed by atoms with E-state index >= 15 is 0 Å². The van der Waals surface area contributed by atoms with Crippen molar-refractivity contribution in [3.8, 4) is 0 Å². The molecule has 0 saturated carbocycles. The summed E-state index contributed by atoms with van der Waals surface area (Å²) in [5.74, 6) is -3.49. The fourth-order valence-electron chi connectivity index (χ4n) is 2.98. The fraction of sp³-hybridized carbons (Fsp3) is 1.00. The molecule has 0 bridgehead atoms. The minimum atomic E-state index is -3.67. The van der Waals surface area contributed by atoms with Crippen molar-refractivity contribution in [2.45, 2.75) is 58.4 Å². The van der Waals surface area contributed by atoms with Crippen molar-refractivity contribution in [2.24, 2.45) is 5.41 Å². The van der Waals surface area contributed by atoms with Crippen LogP contribution in [0.2, 0.25) is 0 Å². The summed E-state index contributed by atoms with van der Waals surface area (Å²) in [5, 5.41) is 0. The van der Waals surface area contributed by atoms with Gasteiger partial charge in [-0.05, 0) is 33.4 Å². The Morgan fingerprint density at radius 1 is 1.18 bits per heavy atom. The van der Waals surface area contributed by atoms with E-state index in [4.69, 9.17) is 0 Å². The normalized spacial score (nSPS) is 22.8. The van der Waals surface area contributed by atoms with Gasteiger partial charge in [-0.1, -0.05) is 20.8 Å². The molecule has 1 atom stereocenters. The highest BCUT2D eigenvalue weighted by atomic mass is 32.2. The second-order valence-electron chi connectivity index (χ2n) is 7.15. The van der Waals surface area contributed by atoms with Crippen molar-refractivity contribution < 1.29 is 17.2 Å². The van der Waals surface area contributed by atoms with E-state index in [2.05, 4.69) is 4.90 Å². The van der Waals surface area contributed by atoms with E-state index in [1.807, 2.05) is 14.1 Å². The third kappa shape index (κ3) is 4.61. The van der Waals surface area contributed by atoms with Crippen LogP contribution in [-0.2, 0) is 10.0 Å². The van der Waals surface area contributed by atoms with Gasteiger partial charge in [0, 0.05) is 31.0 Å². The largest absolute Gasteiger partial charge is 0.306 e. The first kappa shape index (κ1) is 19.8. The molecule has 4 nitrogen and oxygen atoms in total. The topological polar surface area (TPSA) is 40.6 Å². The summed E-state index contributed by atoms with van der Waals surface area (Å²) >= 11 is 0. The Morgan fingerprint density at radius 3 is 2.27 bits per heavy atom. The molecular weight excluding hydrogens is 310 g/mol. The number of nitrogens with zero attached hydrogens (tertiary/aromatic N) is 2. The maximum absolute atomic E-state index is 14.0. The first-order valence-electron chi connectivity index (χ1n) is 7.95. The van der Waals surface area contributed by atoms with Crippen molar-refractivity contribution in [1.29, 1.82) is 0 Å². The second kappa shape index (κ2) is 7.09. The molecule has 0 radical (unpaired) electrons. The van der Waals surface area contributed by atoms with Crippen LogP contribution in [0.3, 0.4) is 0 Å². The van der Waals surface area contributed by atoms with Gasteiger partial charge in [0.2, 0.25) is 10.0 Å². The minimum absolute atomic E-state index is 0.349. The fourth-order valence-corrected chi connectivity index (χ4v) is 5.08. The smallest absolute Gasteiger partial charge is 0.253 e. The van der Waals surface area contributed by atoms with Crippen molar-refractivity contribution in [2.75, 3.05) is 32.9 Å². The summed E-state index contributed by atoms with van der Waals surface area (Å²) < 4.78 is 54.5. The van der Waals surface area contributed by atoms with Gasteiger partial charge in [-0.15, -0.1) is 0 Å². The Hall–Kier alpha value is -0.270. The molecule has 1 fully saturated rings. The van der Waals surface area contributed by atoms with Gasteiger partial charge in [-0.25, -0.2) is 21.5 Å². The molecule has 1 unspecified atom stereocenters. The Morgan fingerprint density at radius 2 is 1.77 bits per heavy atom. The predicted octanol–water partition coefficient (Wildman–Crippen LogP) is 2.80. The van der Waals surface area contributed by atoms with Gasteiger partial charge in [0.25, 0.3) is 5.92 Å². The van der Waals surface area contributed by atoms with E-state index in [9.17, 15) is 17.2 Å². The standard InChI is InChI=1S/C15H30F2N2O2S/c1-6-15(16,17)14(2,3)12-22(20,21)19-10-7-8-13(9-11-19)18(4)5/h13H,6-12H2,1-5H3. The van der Waals surface area contributed by atoms with Crippen LogP contribution in [0, 0.1) is 5.41 Å². The third-order valence-electron chi connectivity index (χ3n) is 4.76. The van der Waals surface area contributed by atoms with Crippen molar-refractivity contribution in [3.63, 3.8) is 0 Å². The average molecular weight is 340 g/mol. The zero-order chi connectivity index (χ0) is 17.2. The molecule has 1 aliphatic rings. The molecule has 22 heavy (non-hydrogen) atoms. The molecule has 0 aromatic heterocycles. The zero-order valence-corrected chi connectivity index (χ0v) is 15.2. The molecule has 1 aliphatic heterocycles. The first-order chi connectivity index (χ1) is 9.93. The summed E-state index contributed by atoms with van der Waals surface area (Å²) in [5.41, 5.74) is -1.56. The van der Waals surface area contributed by atoms with E-state index in [-0.39, 0.29) is 6.42 Å². The highest BCUT2D eigenvalue weighted by Gasteiger charge is 2.48. The summed E-state index contributed by atoms with van der Waals surface area (Å²) in [6.07, 6.45) is 2.11. The molecule has 1 rings (SSSR count). The molecule has 0 spiro atoms.